The van der Waals surface area contributed by atoms with Crippen molar-refractivity contribution >= 4 is 83.1 Å². The molecule has 0 saturated heterocycles. The highest BCUT2D eigenvalue weighted by molar-refractivity contribution is 6.35. The molecule has 11 rings (SSSR count). The number of anilines is 2. The molecule has 0 N–H and O–H groups in total. The zero-order chi connectivity index (χ0) is 28.7. The molecule has 8 aromatic rings. The molecule has 0 spiro atoms. The molecular weight excluding hydrogens is 540 g/mol. The number of aliphatic imine (C=N–C) groups is 2. The lowest BCUT2D eigenvalue weighted by atomic mass is 9.75. The molecule has 0 fully saturated rings. The van der Waals surface area contributed by atoms with Crippen molar-refractivity contribution < 1.29 is 4.42 Å². The van der Waals surface area contributed by atoms with Gasteiger partial charge >= 0.3 is 0 Å². The third kappa shape index (κ3) is 2.55. The number of furan rings is 1. The molecule has 5 nitrogen and oxygen atoms in total. The molecule has 0 radical (unpaired) electrons. The summed E-state index contributed by atoms with van der Waals surface area (Å²) in [6, 6.07) is 34.7. The largest absolute Gasteiger partial charge is 0.456 e. The number of fused-ring (bicyclic) bond motifs is 3. The fourth-order valence-corrected chi connectivity index (χ4v) is 8.23. The molecule has 3 aliphatic rings. The predicted molar refractivity (Wildman–Crippen MR) is 181 cm³/mol. The van der Waals surface area contributed by atoms with Gasteiger partial charge in [-0.1, -0.05) is 85.0 Å². The minimum atomic E-state index is -0.527. The second-order valence-corrected chi connectivity index (χ2v) is 12.3. The van der Waals surface area contributed by atoms with E-state index < -0.39 is 5.54 Å². The molecule has 0 bridgehead atoms. The first-order valence-corrected chi connectivity index (χ1v) is 15.1. The summed E-state index contributed by atoms with van der Waals surface area (Å²) >= 11 is 0. The van der Waals surface area contributed by atoms with Gasteiger partial charge in [0.1, 0.15) is 11.2 Å². The quantitative estimate of drug-likeness (QED) is 0.199. The number of para-hydroxylation sites is 2. The van der Waals surface area contributed by atoms with Crippen LogP contribution in [0.4, 0.5) is 11.4 Å². The third-order valence-electron chi connectivity index (χ3n) is 10.1. The standard InChI is InChI=1S/C39H24N4O/c1-39(22-10-3-2-4-11-22)27-15-5-6-16-28(27)40-38(41-39)42-29-17-7-13-24-23-12-9-19-31-33(23)34-32(44-31)21-20-26-25-14-8-18-30(42)36(25)43(35(24)29)37(26)34/h2-21,27H,1H3. The van der Waals surface area contributed by atoms with E-state index in [0.29, 0.717) is 5.96 Å². The summed E-state index contributed by atoms with van der Waals surface area (Å²) in [6.45, 7) is 2.25. The lowest BCUT2D eigenvalue weighted by Gasteiger charge is -2.40. The first-order valence-electron chi connectivity index (χ1n) is 15.1. The van der Waals surface area contributed by atoms with Crippen LogP contribution in [0, 0.1) is 5.92 Å². The van der Waals surface area contributed by atoms with E-state index in [1.807, 2.05) is 0 Å². The summed E-state index contributed by atoms with van der Waals surface area (Å²) in [7, 11) is 0. The number of allylic oxidation sites excluding steroid dienone is 3. The second kappa shape index (κ2) is 7.63. The number of nitrogens with zero attached hydrogens (tertiary/aromatic N) is 4. The third-order valence-corrected chi connectivity index (χ3v) is 10.1. The maximum absolute atomic E-state index is 6.45. The van der Waals surface area contributed by atoms with Crippen LogP contribution in [0.25, 0.3) is 60.0 Å². The molecule has 206 valence electrons. The second-order valence-electron chi connectivity index (χ2n) is 12.3. The van der Waals surface area contributed by atoms with Crippen LogP contribution in [0.2, 0.25) is 0 Å². The maximum atomic E-state index is 6.45. The van der Waals surface area contributed by atoms with Gasteiger partial charge in [0.25, 0.3) is 0 Å². The van der Waals surface area contributed by atoms with Crippen molar-refractivity contribution in [2.24, 2.45) is 15.9 Å². The van der Waals surface area contributed by atoms with E-state index in [1.165, 1.54) is 48.9 Å². The summed E-state index contributed by atoms with van der Waals surface area (Å²) in [5.41, 5.74) is 9.19. The normalized spacial score (nSPS) is 20.8. The highest BCUT2D eigenvalue weighted by atomic mass is 16.3. The number of hydrogen-bond donors (Lipinski definition) is 0. The number of hydrogen-bond acceptors (Lipinski definition) is 4. The van der Waals surface area contributed by atoms with E-state index in [0.717, 1.165) is 33.8 Å². The van der Waals surface area contributed by atoms with Crippen LogP contribution in [-0.2, 0) is 5.54 Å². The summed E-state index contributed by atoms with van der Waals surface area (Å²) in [5, 5.41) is 7.16. The average molecular weight is 565 g/mol. The van der Waals surface area contributed by atoms with Gasteiger partial charge < -0.3 is 8.82 Å². The monoisotopic (exact) mass is 564 g/mol. The van der Waals surface area contributed by atoms with Gasteiger partial charge in [0.15, 0.2) is 0 Å². The Morgan fingerprint density at radius 3 is 2.18 bits per heavy atom. The maximum Gasteiger partial charge on any atom is 0.231 e. The molecule has 0 amide bonds. The van der Waals surface area contributed by atoms with Crippen LogP contribution in [-0.4, -0.2) is 16.1 Å². The Bertz CT molecular complexity index is 2690. The van der Waals surface area contributed by atoms with Gasteiger partial charge in [0.2, 0.25) is 5.96 Å². The zero-order valence-corrected chi connectivity index (χ0v) is 23.8. The van der Waals surface area contributed by atoms with E-state index in [1.54, 1.807) is 0 Å². The topological polar surface area (TPSA) is 45.5 Å². The molecular formula is C39H24N4O. The van der Waals surface area contributed by atoms with Gasteiger partial charge in [-0.25, -0.2) is 9.98 Å². The van der Waals surface area contributed by atoms with Crippen molar-refractivity contribution in [3.63, 3.8) is 0 Å². The minimum absolute atomic E-state index is 0.0442. The van der Waals surface area contributed by atoms with Gasteiger partial charge in [0, 0.05) is 27.5 Å². The molecule has 2 aliphatic heterocycles. The van der Waals surface area contributed by atoms with Crippen molar-refractivity contribution in [1.82, 2.24) is 4.40 Å². The van der Waals surface area contributed by atoms with Crippen LogP contribution < -0.4 is 4.90 Å². The predicted octanol–water partition coefficient (Wildman–Crippen LogP) is 9.66. The van der Waals surface area contributed by atoms with Crippen molar-refractivity contribution in [3.05, 3.63) is 127 Å². The van der Waals surface area contributed by atoms with Crippen molar-refractivity contribution in [2.75, 3.05) is 4.90 Å². The summed E-state index contributed by atoms with van der Waals surface area (Å²) in [4.78, 5) is 13.2. The smallest absolute Gasteiger partial charge is 0.231 e. The lowest BCUT2D eigenvalue weighted by Crippen LogP contribution is -2.42. The molecule has 5 heterocycles. The van der Waals surface area contributed by atoms with E-state index in [4.69, 9.17) is 14.4 Å². The summed E-state index contributed by atoms with van der Waals surface area (Å²) < 4.78 is 8.93. The van der Waals surface area contributed by atoms with Gasteiger partial charge in [-0.2, -0.15) is 0 Å². The number of rotatable bonds is 1. The lowest BCUT2D eigenvalue weighted by molar-refractivity contribution is 0.435. The first-order chi connectivity index (χ1) is 21.7. The average Bonchev–Trinajstić information content (AvgIpc) is 3.57. The van der Waals surface area contributed by atoms with Crippen molar-refractivity contribution in [2.45, 2.75) is 12.5 Å². The number of benzene rings is 5. The van der Waals surface area contributed by atoms with Crippen LogP contribution >= 0.6 is 0 Å². The number of aromatic nitrogens is 1. The Hall–Kier alpha value is -5.68. The first kappa shape index (κ1) is 22.9. The van der Waals surface area contributed by atoms with E-state index in [-0.39, 0.29) is 5.92 Å². The zero-order valence-electron chi connectivity index (χ0n) is 23.8. The van der Waals surface area contributed by atoms with Crippen molar-refractivity contribution in [1.29, 1.82) is 0 Å². The Labute approximate surface area is 251 Å². The Morgan fingerprint density at radius 1 is 0.659 bits per heavy atom. The highest BCUT2D eigenvalue weighted by Gasteiger charge is 2.43. The SMILES string of the molecule is CC1(c2ccccc2)N=C(N2c3cccc4c5cccc6oc7ccc8c9cccc2c9n(c34)c8c7c65)N=C2C=CC=CC21. The molecule has 5 aromatic carbocycles. The Kier molecular flexibility index (Phi) is 3.96. The molecule has 0 saturated carbocycles. The molecule has 2 unspecified atom stereocenters. The summed E-state index contributed by atoms with van der Waals surface area (Å²) in [5.74, 6) is 0.747. The molecule has 1 aliphatic carbocycles. The molecule has 3 aromatic heterocycles. The van der Waals surface area contributed by atoms with Crippen molar-refractivity contribution in [3.8, 4) is 0 Å². The number of guanidine groups is 1. The molecule has 5 heteroatoms. The van der Waals surface area contributed by atoms with Crippen LogP contribution in [0.1, 0.15) is 12.5 Å². The summed E-state index contributed by atoms with van der Waals surface area (Å²) in [6.07, 6.45) is 8.59. The fraction of sp³-hybridized carbons (Fsp3) is 0.0769. The van der Waals surface area contributed by atoms with Gasteiger partial charge in [-0.15, -0.1) is 0 Å². The van der Waals surface area contributed by atoms with Gasteiger partial charge in [-0.05, 0) is 54.3 Å². The van der Waals surface area contributed by atoms with E-state index in [2.05, 4.69) is 138 Å². The van der Waals surface area contributed by atoms with Crippen LogP contribution in [0.3, 0.4) is 0 Å². The fourth-order valence-electron chi connectivity index (χ4n) is 8.23. The van der Waals surface area contributed by atoms with Gasteiger partial charge in [0.05, 0.1) is 44.6 Å². The minimum Gasteiger partial charge on any atom is -0.456 e. The van der Waals surface area contributed by atoms with Gasteiger partial charge in [-0.3, -0.25) is 4.90 Å². The van der Waals surface area contributed by atoms with E-state index >= 15 is 0 Å². The molecule has 44 heavy (non-hydrogen) atoms. The Balaban J connectivity index is 1.33. The van der Waals surface area contributed by atoms with Crippen LogP contribution in [0.5, 0.6) is 0 Å². The van der Waals surface area contributed by atoms with Crippen LogP contribution in [0.15, 0.2) is 136 Å². The Morgan fingerprint density at radius 2 is 1.36 bits per heavy atom. The van der Waals surface area contributed by atoms with E-state index in [9.17, 15) is 0 Å². The molecule has 2 atom stereocenters. The highest BCUT2D eigenvalue weighted by Crippen LogP contribution is 2.51.